The van der Waals surface area contributed by atoms with Crippen molar-refractivity contribution in [1.82, 2.24) is 9.97 Å². The van der Waals surface area contributed by atoms with Crippen molar-refractivity contribution < 1.29 is 4.42 Å². The van der Waals surface area contributed by atoms with Gasteiger partial charge in [0.1, 0.15) is 17.4 Å². The molecule has 0 radical (unpaired) electrons. The molecule has 2 heterocycles. The number of hydrogen-bond acceptors (Lipinski definition) is 3. The third-order valence-electron chi connectivity index (χ3n) is 5.00. The molecular formula is C22H12N2O. The summed E-state index contributed by atoms with van der Waals surface area (Å²) in [5.41, 5.74) is 2.44. The van der Waals surface area contributed by atoms with Gasteiger partial charge in [-0.2, -0.15) is 0 Å². The maximum Gasteiger partial charge on any atom is 0.172 e. The molecule has 0 saturated carbocycles. The van der Waals surface area contributed by atoms with Gasteiger partial charge in [-0.3, -0.25) is 0 Å². The van der Waals surface area contributed by atoms with Gasteiger partial charge in [-0.25, -0.2) is 9.97 Å². The molecule has 0 bridgehead atoms. The van der Waals surface area contributed by atoms with Crippen LogP contribution in [0.2, 0.25) is 0 Å². The van der Waals surface area contributed by atoms with Crippen molar-refractivity contribution in [1.29, 1.82) is 0 Å². The number of nitrogens with zero attached hydrogens (tertiary/aromatic N) is 2. The van der Waals surface area contributed by atoms with Crippen molar-refractivity contribution in [2.24, 2.45) is 0 Å². The van der Waals surface area contributed by atoms with E-state index in [0.29, 0.717) is 0 Å². The van der Waals surface area contributed by atoms with Crippen LogP contribution in [0.4, 0.5) is 0 Å². The van der Waals surface area contributed by atoms with Crippen LogP contribution in [0, 0.1) is 0 Å². The lowest BCUT2D eigenvalue weighted by atomic mass is 9.93. The highest BCUT2D eigenvalue weighted by Crippen LogP contribution is 2.38. The predicted octanol–water partition coefficient (Wildman–Crippen LogP) is 5.84. The second-order valence-electron chi connectivity index (χ2n) is 6.32. The molecule has 2 aromatic heterocycles. The summed E-state index contributed by atoms with van der Waals surface area (Å²) in [5, 5.41) is 8.49. The van der Waals surface area contributed by atoms with Crippen molar-refractivity contribution >= 4 is 54.4 Å². The van der Waals surface area contributed by atoms with Crippen molar-refractivity contribution in [3.8, 4) is 0 Å². The van der Waals surface area contributed by atoms with Crippen molar-refractivity contribution in [2.75, 3.05) is 0 Å². The molecule has 0 aliphatic heterocycles. The van der Waals surface area contributed by atoms with Gasteiger partial charge in [-0.15, -0.1) is 0 Å². The van der Waals surface area contributed by atoms with Crippen LogP contribution < -0.4 is 0 Å². The van der Waals surface area contributed by atoms with E-state index in [2.05, 4.69) is 70.6 Å². The van der Waals surface area contributed by atoms with E-state index in [-0.39, 0.29) is 0 Å². The summed E-state index contributed by atoms with van der Waals surface area (Å²) >= 11 is 0. The third-order valence-corrected chi connectivity index (χ3v) is 5.00. The largest absolute Gasteiger partial charge is 0.453 e. The fourth-order valence-corrected chi connectivity index (χ4v) is 3.91. The number of aromatic nitrogens is 2. The normalized spacial score (nSPS) is 12.0. The van der Waals surface area contributed by atoms with Crippen LogP contribution in [-0.4, -0.2) is 9.97 Å². The van der Waals surface area contributed by atoms with Gasteiger partial charge in [0.2, 0.25) is 0 Å². The van der Waals surface area contributed by atoms with Crippen LogP contribution in [-0.2, 0) is 0 Å². The van der Waals surface area contributed by atoms with E-state index in [0.717, 1.165) is 22.1 Å². The molecule has 0 aliphatic rings. The number of hydrogen-bond donors (Lipinski definition) is 0. The van der Waals surface area contributed by atoms with Crippen LogP contribution >= 0.6 is 0 Å². The first-order valence-corrected chi connectivity index (χ1v) is 8.25. The molecular weight excluding hydrogens is 308 g/mol. The zero-order valence-electron chi connectivity index (χ0n) is 13.2. The number of fused-ring (bicyclic) bond motifs is 9. The summed E-state index contributed by atoms with van der Waals surface area (Å²) in [4.78, 5) is 8.49. The lowest BCUT2D eigenvalue weighted by molar-refractivity contribution is 0.666. The molecule has 0 fully saturated rings. The molecule has 116 valence electrons. The highest BCUT2D eigenvalue weighted by molar-refractivity contribution is 6.27. The van der Waals surface area contributed by atoms with Crippen LogP contribution in [0.5, 0.6) is 0 Å². The summed E-state index contributed by atoms with van der Waals surface area (Å²) in [6.07, 6.45) is 3.29. The van der Waals surface area contributed by atoms with Gasteiger partial charge < -0.3 is 4.42 Å². The Morgan fingerprint density at radius 3 is 1.88 bits per heavy atom. The summed E-state index contributed by atoms with van der Waals surface area (Å²) in [6, 6.07) is 21.5. The van der Waals surface area contributed by atoms with Gasteiger partial charge in [0.15, 0.2) is 5.58 Å². The number of benzene rings is 4. The first-order chi connectivity index (χ1) is 12.4. The molecule has 25 heavy (non-hydrogen) atoms. The average Bonchev–Trinajstić information content (AvgIpc) is 3.04. The SMILES string of the molecule is c1ccc2c(c1)c1ccccc1c1cc3c(cc21)oc1cncnc13. The van der Waals surface area contributed by atoms with E-state index in [1.165, 1.54) is 32.3 Å². The standard InChI is InChI=1S/C22H12N2O/c1-3-7-15-13(5-1)14-6-2-4-8-16(14)18-10-20-19(9-17(15)18)22-21(25-20)11-23-12-24-22/h1-12H. The molecule has 4 aromatic carbocycles. The minimum absolute atomic E-state index is 0.724. The molecule has 3 nitrogen and oxygen atoms in total. The number of furan rings is 1. The average molecular weight is 320 g/mol. The molecule has 6 aromatic rings. The van der Waals surface area contributed by atoms with Crippen LogP contribution in [0.15, 0.2) is 77.6 Å². The lowest BCUT2D eigenvalue weighted by Crippen LogP contribution is -1.83. The van der Waals surface area contributed by atoms with Gasteiger partial charge in [0.05, 0.1) is 6.20 Å². The van der Waals surface area contributed by atoms with Gasteiger partial charge >= 0.3 is 0 Å². The number of rotatable bonds is 0. The minimum Gasteiger partial charge on any atom is -0.453 e. The molecule has 0 saturated heterocycles. The molecule has 0 aliphatic carbocycles. The minimum atomic E-state index is 0.724. The molecule has 0 unspecified atom stereocenters. The Hall–Kier alpha value is -3.46. The molecule has 0 atom stereocenters. The fraction of sp³-hybridized carbons (Fsp3) is 0. The third kappa shape index (κ3) is 1.64. The Labute approximate surface area is 142 Å². The summed E-state index contributed by atoms with van der Waals surface area (Å²) < 4.78 is 6.00. The lowest BCUT2D eigenvalue weighted by Gasteiger charge is -2.10. The fourth-order valence-electron chi connectivity index (χ4n) is 3.91. The van der Waals surface area contributed by atoms with E-state index < -0.39 is 0 Å². The van der Waals surface area contributed by atoms with E-state index in [4.69, 9.17) is 4.42 Å². The smallest absolute Gasteiger partial charge is 0.172 e. The molecule has 3 heteroatoms. The van der Waals surface area contributed by atoms with E-state index >= 15 is 0 Å². The maximum atomic E-state index is 6.00. The zero-order valence-corrected chi connectivity index (χ0v) is 13.2. The molecule has 0 N–H and O–H groups in total. The Morgan fingerprint density at radius 2 is 1.20 bits per heavy atom. The Kier molecular flexibility index (Phi) is 2.35. The summed E-state index contributed by atoms with van der Waals surface area (Å²) in [6.45, 7) is 0. The van der Waals surface area contributed by atoms with Gasteiger partial charge in [-0.05, 0) is 44.5 Å². The monoisotopic (exact) mass is 320 g/mol. The quantitative estimate of drug-likeness (QED) is 0.330. The van der Waals surface area contributed by atoms with E-state index in [1.807, 2.05) is 0 Å². The second kappa shape index (κ2) is 4.54. The van der Waals surface area contributed by atoms with E-state index in [1.54, 1.807) is 12.5 Å². The first-order valence-electron chi connectivity index (χ1n) is 8.25. The topological polar surface area (TPSA) is 38.9 Å². The van der Waals surface area contributed by atoms with Gasteiger partial charge in [-0.1, -0.05) is 48.5 Å². The second-order valence-corrected chi connectivity index (χ2v) is 6.32. The van der Waals surface area contributed by atoms with Crippen molar-refractivity contribution in [3.63, 3.8) is 0 Å². The highest BCUT2D eigenvalue weighted by atomic mass is 16.3. The van der Waals surface area contributed by atoms with Crippen LogP contribution in [0.1, 0.15) is 0 Å². The van der Waals surface area contributed by atoms with E-state index in [9.17, 15) is 0 Å². The Morgan fingerprint density at radius 1 is 0.600 bits per heavy atom. The molecule has 6 rings (SSSR count). The maximum absolute atomic E-state index is 6.00. The molecule has 0 amide bonds. The molecule has 0 spiro atoms. The van der Waals surface area contributed by atoms with Gasteiger partial charge in [0.25, 0.3) is 0 Å². The summed E-state index contributed by atoms with van der Waals surface area (Å²) in [7, 11) is 0. The highest BCUT2D eigenvalue weighted by Gasteiger charge is 2.13. The zero-order chi connectivity index (χ0) is 16.4. The van der Waals surface area contributed by atoms with Gasteiger partial charge in [0, 0.05) is 5.39 Å². The van der Waals surface area contributed by atoms with Crippen molar-refractivity contribution in [2.45, 2.75) is 0 Å². The van der Waals surface area contributed by atoms with Crippen LogP contribution in [0.25, 0.3) is 54.4 Å². The Bertz CT molecular complexity index is 1450. The van der Waals surface area contributed by atoms with Crippen LogP contribution in [0.3, 0.4) is 0 Å². The van der Waals surface area contributed by atoms with Crippen molar-refractivity contribution in [3.05, 3.63) is 73.2 Å². The summed E-state index contributed by atoms with van der Waals surface area (Å²) in [5.74, 6) is 0. The first kappa shape index (κ1) is 12.9. The predicted molar refractivity (Wildman–Crippen MR) is 102 cm³/mol. The Balaban J connectivity index is 1.96.